The summed E-state index contributed by atoms with van der Waals surface area (Å²) in [7, 11) is 0. The number of aryl methyl sites for hydroxylation is 1. The normalized spacial score (nSPS) is 20.9. The van der Waals surface area contributed by atoms with E-state index < -0.39 is 41.6 Å². The van der Waals surface area contributed by atoms with E-state index >= 15 is 0 Å². The minimum atomic E-state index is -1.11. The molecule has 10 nitrogen and oxygen atoms in total. The molecule has 1 aromatic carbocycles. The average Bonchev–Trinajstić information content (AvgIpc) is 3.12. The van der Waals surface area contributed by atoms with E-state index in [4.69, 9.17) is 9.47 Å². The molecule has 0 aliphatic carbocycles. The molecule has 1 aliphatic rings. The molecular formula is C19H21N3O7. The summed E-state index contributed by atoms with van der Waals surface area (Å²) >= 11 is 0. The number of aromatic amines is 1. The lowest BCUT2D eigenvalue weighted by atomic mass is 10.0. The minimum Gasteiger partial charge on any atom is -0.481 e. The highest BCUT2D eigenvalue weighted by molar-refractivity contribution is 5.71. The molecular weight excluding hydrogens is 382 g/mol. The van der Waals surface area contributed by atoms with Crippen molar-refractivity contribution in [2.75, 3.05) is 6.54 Å². The molecule has 0 spiro atoms. The number of ether oxygens (including phenoxy) is 2. The number of carbonyl (C=O) groups excluding carboxylic acids is 1. The monoisotopic (exact) mass is 403 g/mol. The largest absolute Gasteiger partial charge is 0.481 e. The van der Waals surface area contributed by atoms with Gasteiger partial charge in [0.2, 0.25) is 0 Å². The Kier molecular flexibility index (Phi) is 6.13. The van der Waals surface area contributed by atoms with E-state index in [2.05, 4.69) is 10.3 Å². The van der Waals surface area contributed by atoms with Crippen LogP contribution in [0.1, 0.15) is 23.8 Å². The number of nitrogens with zero attached hydrogens (tertiary/aromatic N) is 1. The lowest BCUT2D eigenvalue weighted by Gasteiger charge is -2.17. The van der Waals surface area contributed by atoms with Crippen LogP contribution in [0.3, 0.4) is 0 Å². The van der Waals surface area contributed by atoms with E-state index in [1.807, 2.05) is 30.3 Å². The molecule has 154 valence electrons. The first-order chi connectivity index (χ1) is 13.8. The predicted molar refractivity (Wildman–Crippen MR) is 100 cm³/mol. The molecule has 1 saturated heterocycles. The molecule has 0 saturated carbocycles. The average molecular weight is 403 g/mol. The third-order valence-electron chi connectivity index (χ3n) is 4.67. The van der Waals surface area contributed by atoms with E-state index in [1.165, 1.54) is 13.1 Å². The highest BCUT2D eigenvalue weighted by atomic mass is 16.6. The zero-order chi connectivity index (χ0) is 21.0. The van der Waals surface area contributed by atoms with E-state index in [0.29, 0.717) is 5.56 Å². The van der Waals surface area contributed by atoms with Crippen molar-refractivity contribution >= 4 is 12.1 Å². The van der Waals surface area contributed by atoms with Crippen molar-refractivity contribution in [1.82, 2.24) is 14.9 Å². The number of carboxylic acids is 1. The van der Waals surface area contributed by atoms with Gasteiger partial charge in [-0.1, -0.05) is 30.3 Å². The summed E-state index contributed by atoms with van der Waals surface area (Å²) in [5.41, 5.74) is -0.0915. The Morgan fingerprint density at radius 1 is 1.31 bits per heavy atom. The van der Waals surface area contributed by atoms with E-state index in [9.17, 15) is 24.3 Å². The van der Waals surface area contributed by atoms with Crippen LogP contribution >= 0.6 is 0 Å². The molecule has 2 heterocycles. The summed E-state index contributed by atoms with van der Waals surface area (Å²) < 4.78 is 11.9. The second-order valence-corrected chi connectivity index (χ2v) is 6.73. The van der Waals surface area contributed by atoms with E-state index in [1.54, 1.807) is 0 Å². The van der Waals surface area contributed by atoms with Gasteiger partial charge in [-0.05, 0) is 12.5 Å². The number of benzene rings is 1. The number of nitrogens with one attached hydrogen (secondary N) is 2. The van der Waals surface area contributed by atoms with E-state index in [-0.39, 0.29) is 19.6 Å². The van der Waals surface area contributed by atoms with Crippen LogP contribution in [0.15, 0.2) is 46.1 Å². The van der Waals surface area contributed by atoms with Gasteiger partial charge >= 0.3 is 17.8 Å². The SMILES string of the molecule is Cc1cn([C@H]2C[C@H](C(=O)O)[C@@H](CNC(=O)OCc3ccccc3)O2)c(=O)[nH]c1=O. The van der Waals surface area contributed by atoms with Crippen molar-refractivity contribution < 1.29 is 24.2 Å². The van der Waals surface area contributed by atoms with Gasteiger partial charge in [0, 0.05) is 24.7 Å². The summed E-state index contributed by atoms with van der Waals surface area (Å²) in [5.74, 6) is -2.04. The van der Waals surface area contributed by atoms with Crippen molar-refractivity contribution in [2.45, 2.75) is 32.3 Å². The quantitative estimate of drug-likeness (QED) is 0.647. The Balaban J connectivity index is 1.62. The van der Waals surface area contributed by atoms with Gasteiger partial charge in [0.25, 0.3) is 5.56 Å². The van der Waals surface area contributed by atoms with Gasteiger partial charge in [-0.2, -0.15) is 0 Å². The Labute approximate surface area is 165 Å². The summed E-state index contributed by atoms with van der Waals surface area (Å²) in [5, 5.41) is 12.0. The second-order valence-electron chi connectivity index (χ2n) is 6.73. The van der Waals surface area contributed by atoms with Crippen LogP contribution in [-0.4, -0.2) is 39.4 Å². The maximum absolute atomic E-state index is 12.0. The van der Waals surface area contributed by atoms with Crippen LogP contribution in [0.5, 0.6) is 0 Å². The van der Waals surface area contributed by atoms with Crippen molar-refractivity contribution in [2.24, 2.45) is 5.92 Å². The zero-order valence-corrected chi connectivity index (χ0v) is 15.7. The van der Waals surface area contributed by atoms with Gasteiger partial charge in [0.15, 0.2) is 0 Å². The minimum absolute atomic E-state index is 0.0200. The number of rotatable bonds is 6. The second kappa shape index (κ2) is 8.74. The van der Waals surface area contributed by atoms with Crippen molar-refractivity contribution in [3.63, 3.8) is 0 Å². The third kappa shape index (κ3) is 4.91. The van der Waals surface area contributed by atoms with Gasteiger partial charge in [0.05, 0.1) is 12.0 Å². The van der Waals surface area contributed by atoms with Crippen LogP contribution in [0, 0.1) is 12.8 Å². The molecule has 1 fully saturated rings. The molecule has 2 aromatic rings. The fraction of sp³-hybridized carbons (Fsp3) is 0.368. The maximum atomic E-state index is 12.0. The van der Waals surface area contributed by atoms with Crippen LogP contribution in [0.2, 0.25) is 0 Å². The van der Waals surface area contributed by atoms with Crippen molar-refractivity contribution in [3.05, 3.63) is 68.5 Å². The first kappa shape index (κ1) is 20.3. The number of hydrogen-bond donors (Lipinski definition) is 3. The van der Waals surface area contributed by atoms with Gasteiger partial charge in [-0.3, -0.25) is 19.1 Å². The Morgan fingerprint density at radius 3 is 2.72 bits per heavy atom. The number of H-pyrrole nitrogens is 1. The number of carbonyl (C=O) groups is 2. The summed E-state index contributed by atoms with van der Waals surface area (Å²) in [4.78, 5) is 49.2. The standard InChI is InChI=1S/C19H21N3O7/c1-11-9-22(18(26)21-16(11)23)15-7-13(17(24)25)14(29-15)8-20-19(27)28-10-12-5-3-2-4-6-12/h2-6,9,13-15H,7-8,10H2,1H3,(H,20,27)(H,24,25)(H,21,23,26)/t13-,14+,15+/m0/s1. The Morgan fingerprint density at radius 2 is 2.03 bits per heavy atom. The predicted octanol–water partition coefficient (Wildman–Crippen LogP) is 0.760. The van der Waals surface area contributed by atoms with Gasteiger partial charge < -0.3 is 19.9 Å². The smallest absolute Gasteiger partial charge is 0.407 e. The Bertz CT molecular complexity index is 999. The van der Waals surface area contributed by atoms with Crippen LogP contribution in [-0.2, 0) is 20.9 Å². The number of hydrogen-bond acceptors (Lipinski definition) is 6. The maximum Gasteiger partial charge on any atom is 0.407 e. The fourth-order valence-electron chi connectivity index (χ4n) is 3.11. The molecule has 3 rings (SSSR count). The summed E-state index contributed by atoms with van der Waals surface area (Å²) in [6.45, 7) is 1.51. The number of carboxylic acid groups (broad SMARTS) is 1. The van der Waals surface area contributed by atoms with Gasteiger partial charge in [0.1, 0.15) is 12.8 Å². The number of amides is 1. The van der Waals surface area contributed by atoms with E-state index in [0.717, 1.165) is 10.1 Å². The highest BCUT2D eigenvalue weighted by Crippen LogP contribution is 2.32. The van der Waals surface area contributed by atoms with Crippen molar-refractivity contribution in [3.8, 4) is 0 Å². The molecule has 0 unspecified atom stereocenters. The molecule has 1 aromatic heterocycles. The number of alkyl carbamates (subject to hydrolysis) is 1. The lowest BCUT2D eigenvalue weighted by molar-refractivity contribution is -0.143. The molecule has 3 atom stereocenters. The first-order valence-corrected chi connectivity index (χ1v) is 9.00. The van der Waals surface area contributed by atoms with Crippen molar-refractivity contribution in [1.29, 1.82) is 0 Å². The van der Waals surface area contributed by atoms with Gasteiger partial charge in [-0.15, -0.1) is 0 Å². The molecule has 29 heavy (non-hydrogen) atoms. The molecule has 0 bridgehead atoms. The topological polar surface area (TPSA) is 140 Å². The van der Waals surface area contributed by atoms with Crippen LogP contribution in [0.4, 0.5) is 4.79 Å². The first-order valence-electron chi connectivity index (χ1n) is 9.00. The third-order valence-corrected chi connectivity index (χ3v) is 4.67. The molecule has 1 amide bonds. The molecule has 0 radical (unpaired) electrons. The number of aromatic nitrogens is 2. The summed E-state index contributed by atoms with van der Waals surface area (Å²) in [6.07, 6.45) is -1.09. The molecule has 10 heteroatoms. The number of aliphatic carboxylic acids is 1. The van der Waals surface area contributed by atoms with Gasteiger partial charge in [-0.25, -0.2) is 9.59 Å². The highest BCUT2D eigenvalue weighted by Gasteiger charge is 2.41. The molecule has 1 aliphatic heterocycles. The lowest BCUT2D eigenvalue weighted by Crippen LogP contribution is -2.38. The fourth-order valence-corrected chi connectivity index (χ4v) is 3.11. The Hall–Kier alpha value is -3.40. The van der Waals surface area contributed by atoms with Crippen LogP contribution < -0.4 is 16.6 Å². The van der Waals surface area contributed by atoms with Crippen LogP contribution in [0.25, 0.3) is 0 Å². The summed E-state index contributed by atoms with van der Waals surface area (Å²) in [6, 6.07) is 9.10. The molecule has 3 N–H and O–H groups in total. The zero-order valence-electron chi connectivity index (χ0n) is 15.7.